The molecule has 108 valence electrons. The first-order valence-electron chi connectivity index (χ1n) is 6.23. The third kappa shape index (κ3) is 6.42. The van der Waals surface area contributed by atoms with Crippen LogP contribution in [0.2, 0.25) is 0 Å². The number of ether oxygens (including phenoxy) is 1. The van der Waals surface area contributed by atoms with Gasteiger partial charge in [0.15, 0.2) is 0 Å². The van der Waals surface area contributed by atoms with Crippen LogP contribution < -0.4 is 5.32 Å². The Kier molecular flexibility index (Phi) is 5.60. The van der Waals surface area contributed by atoms with Crippen LogP contribution in [0, 0.1) is 0 Å². The molecular weight excluding hydrogens is 266 g/mol. The normalized spacial score (nSPS) is 17.2. The summed E-state index contributed by atoms with van der Waals surface area (Å²) in [7, 11) is -1.21. The molecule has 1 unspecified atom stereocenters. The van der Waals surface area contributed by atoms with E-state index in [-0.39, 0.29) is 12.3 Å². The first kappa shape index (κ1) is 15.8. The molecule has 0 bridgehead atoms. The van der Waals surface area contributed by atoms with Crippen molar-refractivity contribution in [1.29, 1.82) is 0 Å². The van der Waals surface area contributed by atoms with Gasteiger partial charge in [0, 0.05) is 23.6 Å². The van der Waals surface area contributed by atoms with E-state index < -0.39 is 22.5 Å². The Balaban J connectivity index is 2.32. The first-order chi connectivity index (χ1) is 8.78. The Morgan fingerprint density at radius 2 is 2.21 bits per heavy atom. The van der Waals surface area contributed by atoms with Crippen molar-refractivity contribution >= 4 is 16.9 Å². The molecule has 1 atom stereocenters. The number of rotatable bonds is 4. The van der Waals surface area contributed by atoms with Gasteiger partial charge in [-0.3, -0.25) is 4.21 Å². The summed E-state index contributed by atoms with van der Waals surface area (Å²) in [6.07, 6.45) is 4.16. The summed E-state index contributed by atoms with van der Waals surface area (Å²) in [4.78, 5) is 12.0. The van der Waals surface area contributed by atoms with Crippen molar-refractivity contribution in [3.63, 3.8) is 0 Å². The van der Waals surface area contributed by atoms with Crippen LogP contribution in [0.3, 0.4) is 0 Å². The van der Waals surface area contributed by atoms with Crippen molar-refractivity contribution in [2.75, 3.05) is 12.3 Å². The fraction of sp³-hybridized carbons (Fsp3) is 0.615. The number of carbonyl (C=O) groups is 1. The molecule has 0 aromatic heterocycles. The van der Waals surface area contributed by atoms with E-state index in [9.17, 15) is 14.1 Å². The first-order valence-corrected chi connectivity index (χ1v) is 7.55. The molecular formula is C13H21NO4S. The maximum absolute atomic E-state index is 11.9. The number of allylic oxidation sites excluding steroid dienone is 3. The lowest BCUT2D eigenvalue weighted by Gasteiger charge is -2.19. The molecule has 1 amide bonds. The van der Waals surface area contributed by atoms with Gasteiger partial charge in [0.2, 0.25) is 0 Å². The van der Waals surface area contributed by atoms with Crippen LogP contribution in [0.5, 0.6) is 0 Å². The van der Waals surface area contributed by atoms with Gasteiger partial charge in [-0.05, 0) is 33.3 Å². The van der Waals surface area contributed by atoms with Crippen molar-refractivity contribution in [3.05, 3.63) is 22.8 Å². The largest absolute Gasteiger partial charge is 0.512 e. The molecule has 2 N–H and O–H groups in total. The van der Waals surface area contributed by atoms with Crippen LogP contribution >= 0.6 is 0 Å². The number of aliphatic hydroxyl groups excluding tert-OH is 1. The number of hydrogen-bond donors (Lipinski definition) is 2. The van der Waals surface area contributed by atoms with Crippen LogP contribution in [0.15, 0.2) is 22.8 Å². The lowest BCUT2D eigenvalue weighted by molar-refractivity contribution is 0.0531. The Morgan fingerprint density at radius 1 is 1.53 bits per heavy atom. The van der Waals surface area contributed by atoms with Gasteiger partial charge in [-0.2, -0.15) is 0 Å². The van der Waals surface area contributed by atoms with Crippen molar-refractivity contribution in [2.45, 2.75) is 39.2 Å². The zero-order valence-electron chi connectivity index (χ0n) is 11.6. The lowest BCUT2D eigenvalue weighted by Crippen LogP contribution is -2.34. The number of carbonyl (C=O) groups excluding carboxylic acids is 1. The molecule has 0 spiro atoms. The van der Waals surface area contributed by atoms with Crippen molar-refractivity contribution in [1.82, 2.24) is 5.32 Å². The minimum Gasteiger partial charge on any atom is -0.512 e. The molecule has 1 rings (SSSR count). The van der Waals surface area contributed by atoms with E-state index in [4.69, 9.17) is 4.74 Å². The van der Waals surface area contributed by atoms with Gasteiger partial charge in [-0.1, -0.05) is 6.08 Å². The topological polar surface area (TPSA) is 75.6 Å². The smallest absolute Gasteiger partial charge is 0.407 e. The van der Waals surface area contributed by atoms with Crippen molar-refractivity contribution in [3.8, 4) is 0 Å². The van der Waals surface area contributed by atoms with Crippen LogP contribution in [0.4, 0.5) is 4.79 Å². The van der Waals surface area contributed by atoms with Gasteiger partial charge in [0.25, 0.3) is 0 Å². The van der Waals surface area contributed by atoms with Crippen molar-refractivity contribution in [2.24, 2.45) is 0 Å². The third-order valence-electron chi connectivity index (χ3n) is 2.27. The Bertz CT molecular complexity index is 421. The van der Waals surface area contributed by atoms with Gasteiger partial charge >= 0.3 is 6.09 Å². The van der Waals surface area contributed by atoms with Crippen LogP contribution in [-0.2, 0) is 15.5 Å². The Morgan fingerprint density at radius 3 is 2.79 bits per heavy atom. The Hall–Kier alpha value is -1.30. The summed E-state index contributed by atoms with van der Waals surface area (Å²) in [6.45, 7) is 5.62. The summed E-state index contributed by atoms with van der Waals surface area (Å²) >= 11 is 0. The average Bonchev–Trinajstić information content (AvgIpc) is 2.26. The molecule has 0 heterocycles. The lowest BCUT2D eigenvalue weighted by atomic mass is 10.2. The van der Waals surface area contributed by atoms with Crippen LogP contribution in [0.25, 0.3) is 0 Å². The Labute approximate surface area is 116 Å². The summed E-state index contributed by atoms with van der Waals surface area (Å²) in [5.74, 6) is 0.556. The van der Waals surface area contributed by atoms with Gasteiger partial charge in [0.05, 0.1) is 16.6 Å². The molecule has 0 saturated carbocycles. The highest BCUT2D eigenvalue weighted by Crippen LogP contribution is 2.17. The molecule has 1 aliphatic carbocycles. The van der Waals surface area contributed by atoms with Crippen molar-refractivity contribution < 1.29 is 18.8 Å². The summed E-state index contributed by atoms with van der Waals surface area (Å²) < 4.78 is 17.0. The predicted molar refractivity (Wildman–Crippen MR) is 75.3 cm³/mol. The highest BCUT2D eigenvalue weighted by molar-refractivity contribution is 7.89. The number of amides is 1. The van der Waals surface area contributed by atoms with E-state index in [2.05, 4.69) is 5.32 Å². The van der Waals surface area contributed by atoms with Gasteiger partial charge in [0.1, 0.15) is 5.60 Å². The van der Waals surface area contributed by atoms with E-state index in [1.54, 1.807) is 20.8 Å². The van der Waals surface area contributed by atoms with Gasteiger partial charge < -0.3 is 15.2 Å². The quantitative estimate of drug-likeness (QED) is 0.832. The zero-order valence-corrected chi connectivity index (χ0v) is 12.4. The maximum atomic E-state index is 11.9. The van der Waals surface area contributed by atoms with E-state index in [1.807, 2.05) is 6.08 Å². The van der Waals surface area contributed by atoms with Gasteiger partial charge in [-0.25, -0.2) is 4.79 Å². The molecule has 1 aliphatic rings. The minimum atomic E-state index is -1.21. The zero-order chi connectivity index (χ0) is 14.5. The van der Waals surface area contributed by atoms with E-state index >= 15 is 0 Å². The summed E-state index contributed by atoms with van der Waals surface area (Å²) in [6, 6.07) is 0. The molecule has 0 saturated heterocycles. The SMILES string of the molecule is CC(C)(C)OC(=O)NCCS(=O)C1=CCCC(O)=C1. The fourth-order valence-electron chi connectivity index (χ4n) is 1.49. The molecule has 19 heavy (non-hydrogen) atoms. The predicted octanol–water partition coefficient (Wildman–Crippen LogP) is 2.38. The second-order valence-corrected chi connectivity index (χ2v) is 6.83. The van der Waals surface area contributed by atoms with Crippen LogP contribution in [0.1, 0.15) is 33.6 Å². The van der Waals surface area contributed by atoms with E-state index in [1.165, 1.54) is 6.08 Å². The number of nitrogens with one attached hydrogen (secondary N) is 1. The molecule has 0 radical (unpaired) electrons. The monoisotopic (exact) mass is 287 g/mol. The fourth-order valence-corrected chi connectivity index (χ4v) is 2.59. The van der Waals surface area contributed by atoms with E-state index in [0.717, 1.165) is 0 Å². The molecule has 6 heteroatoms. The summed E-state index contributed by atoms with van der Waals surface area (Å²) in [5, 5.41) is 11.9. The second kappa shape index (κ2) is 6.75. The van der Waals surface area contributed by atoms with Gasteiger partial charge in [-0.15, -0.1) is 0 Å². The summed E-state index contributed by atoms with van der Waals surface area (Å²) in [5.41, 5.74) is -0.538. The molecule has 0 aromatic rings. The minimum absolute atomic E-state index is 0.256. The number of hydrogen-bond acceptors (Lipinski definition) is 4. The highest BCUT2D eigenvalue weighted by Gasteiger charge is 2.16. The number of aliphatic hydroxyl groups is 1. The standard InChI is InChI=1S/C13H21NO4S/c1-13(2,3)18-12(16)14-7-8-19(17)11-6-4-5-10(15)9-11/h6,9,15H,4-5,7-8H2,1-3H3,(H,14,16). The second-order valence-electron chi connectivity index (χ2n) is 5.26. The van der Waals surface area contributed by atoms with Crippen LogP contribution in [-0.4, -0.2) is 33.3 Å². The van der Waals surface area contributed by atoms with E-state index in [0.29, 0.717) is 23.5 Å². The average molecular weight is 287 g/mol. The number of alkyl carbamates (subject to hydrolysis) is 1. The third-order valence-corrected chi connectivity index (χ3v) is 3.66. The molecule has 5 nitrogen and oxygen atoms in total. The molecule has 0 fully saturated rings. The maximum Gasteiger partial charge on any atom is 0.407 e. The highest BCUT2D eigenvalue weighted by atomic mass is 32.2. The molecule has 0 aliphatic heterocycles. The molecule has 0 aromatic carbocycles.